The Bertz CT molecular complexity index is 648. The summed E-state index contributed by atoms with van der Waals surface area (Å²) in [5.41, 5.74) is 6.12. The van der Waals surface area contributed by atoms with Crippen LogP contribution in [0.1, 0.15) is 26.7 Å². The molecule has 0 aromatic rings. The maximum absolute atomic E-state index is 11.3. The number of esters is 2. The van der Waals surface area contributed by atoms with Crippen LogP contribution in [0.4, 0.5) is 4.79 Å². The fourth-order valence-electron chi connectivity index (χ4n) is 2.95. The Balaban J connectivity index is 2.97. The molecule has 2 N–H and O–H groups in total. The molecule has 0 saturated carbocycles. The number of nitrogens with two attached hydrogens (primary N) is 1. The van der Waals surface area contributed by atoms with Gasteiger partial charge < -0.3 is 19.9 Å². The molecular formula is C19H25NO6. The van der Waals surface area contributed by atoms with E-state index in [0.717, 1.165) is 23.3 Å². The summed E-state index contributed by atoms with van der Waals surface area (Å²) >= 11 is 0. The van der Waals surface area contributed by atoms with Gasteiger partial charge in [-0.2, -0.15) is 0 Å². The van der Waals surface area contributed by atoms with E-state index >= 15 is 0 Å². The lowest BCUT2D eigenvalue weighted by Gasteiger charge is -2.39. The van der Waals surface area contributed by atoms with Gasteiger partial charge in [-0.05, 0) is 26.3 Å². The van der Waals surface area contributed by atoms with Crippen LogP contribution in [0.3, 0.4) is 0 Å². The molecule has 0 aliphatic heterocycles. The lowest BCUT2D eigenvalue weighted by Crippen LogP contribution is -2.43. The largest absolute Gasteiger partial charge is 0.463 e. The van der Waals surface area contributed by atoms with Crippen molar-refractivity contribution in [3.05, 3.63) is 48.6 Å². The molecule has 0 bridgehead atoms. The van der Waals surface area contributed by atoms with E-state index in [1.807, 2.05) is 13.0 Å². The lowest BCUT2D eigenvalue weighted by molar-refractivity contribution is -0.139. The van der Waals surface area contributed by atoms with Crippen LogP contribution in [0, 0.1) is 5.92 Å². The molecule has 7 heteroatoms. The van der Waals surface area contributed by atoms with Crippen LogP contribution in [0.5, 0.6) is 0 Å². The smallest absolute Gasteiger partial charge is 0.405 e. The molecule has 26 heavy (non-hydrogen) atoms. The third-order valence-electron chi connectivity index (χ3n) is 4.20. The maximum Gasteiger partial charge on any atom is 0.405 e. The standard InChI is InChI=1S/C19H25NO6/c1-5-16(21)24-11-8-14-13(3)7-10-19(4,26-18(20)23)15(14)9-12-25-17(22)6-2/h5-7,10,15H,1-2,8-9,11-12H2,3-4H3,(H2,20,23). The van der Waals surface area contributed by atoms with Crippen LogP contribution in [0.2, 0.25) is 0 Å². The van der Waals surface area contributed by atoms with Gasteiger partial charge in [0.15, 0.2) is 0 Å². The minimum absolute atomic E-state index is 0.115. The third-order valence-corrected chi connectivity index (χ3v) is 4.20. The maximum atomic E-state index is 11.3. The quantitative estimate of drug-likeness (QED) is 0.383. The molecule has 1 amide bonds. The Morgan fingerprint density at radius 3 is 2.31 bits per heavy atom. The molecule has 7 nitrogen and oxygen atoms in total. The summed E-state index contributed by atoms with van der Waals surface area (Å²) in [7, 11) is 0. The van der Waals surface area contributed by atoms with Crippen LogP contribution < -0.4 is 5.73 Å². The first-order valence-corrected chi connectivity index (χ1v) is 8.19. The number of rotatable bonds is 9. The minimum atomic E-state index is -0.996. The van der Waals surface area contributed by atoms with Crippen molar-refractivity contribution < 1.29 is 28.6 Å². The highest BCUT2D eigenvalue weighted by Gasteiger charge is 2.40. The van der Waals surface area contributed by atoms with Gasteiger partial charge in [-0.25, -0.2) is 14.4 Å². The highest BCUT2D eigenvalue weighted by molar-refractivity contribution is 5.81. The van der Waals surface area contributed by atoms with Gasteiger partial charge in [0.2, 0.25) is 0 Å². The first-order valence-electron chi connectivity index (χ1n) is 8.19. The van der Waals surface area contributed by atoms with E-state index in [9.17, 15) is 14.4 Å². The summed E-state index contributed by atoms with van der Waals surface area (Å²) in [6.07, 6.45) is 5.70. The van der Waals surface area contributed by atoms with E-state index in [2.05, 4.69) is 13.2 Å². The van der Waals surface area contributed by atoms with Crippen LogP contribution in [0.15, 0.2) is 48.6 Å². The molecular weight excluding hydrogens is 338 g/mol. The summed E-state index contributed by atoms with van der Waals surface area (Å²) in [6.45, 7) is 10.6. The van der Waals surface area contributed by atoms with Crippen molar-refractivity contribution in [2.45, 2.75) is 32.3 Å². The summed E-state index contributed by atoms with van der Waals surface area (Å²) in [4.78, 5) is 33.9. The van der Waals surface area contributed by atoms with Gasteiger partial charge in [0.1, 0.15) is 5.60 Å². The van der Waals surface area contributed by atoms with E-state index in [1.54, 1.807) is 13.0 Å². The molecule has 0 aromatic heterocycles. The van der Waals surface area contributed by atoms with E-state index < -0.39 is 23.6 Å². The average molecular weight is 363 g/mol. The van der Waals surface area contributed by atoms with Crippen LogP contribution in [0.25, 0.3) is 0 Å². The van der Waals surface area contributed by atoms with Crippen LogP contribution in [-0.2, 0) is 23.8 Å². The van der Waals surface area contributed by atoms with Crippen LogP contribution in [-0.4, -0.2) is 36.8 Å². The molecule has 1 aliphatic rings. The van der Waals surface area contributed by atoms with Crippen molar-refractivity contribution in [3.63, 3.8) is 0 Å². The average Bonchev–Trinajstić information content (AvgIpc) is 2.59. The van der Waals surface area contributed by atoms with E-state index in [4.69, 9.17) is 19.9 Å². The number of hydrogen-bond acceptors (Lipinski definition) is 6. The summed E-state index contributed by atoms with van der Waals surface area (Å²) in [6, 6.07) is 0. The molecule has 1 aliphatic carbocycles. The van der Waals surface area contributed by atoms with Crippen molar-refractivity contribution in [1.82, 2.24) is 0 Å². The summed E-state index contributed by atoms with van der Waals surface area (Å²) < 4.78 is 15.5. The van der Waals surface area contributed by atoms with Gasteiger partial charge in [-0.15, -0.1) is 0 Å². The first kappa shape index (κ1) is 21.2. The van der Waals surface area contributed by atoms with Crippen molar-refractivity contribution in [2.24, 2.45) is 11.7 Å². The zero-order valence-electron chi connectivity index (χ0n) is 15.2. The van der Waals surface area contributed by atoms with Gasteiger partial charge in [0.25, 0.3) is 0 Å². The van der Waals surface area contributed by atoms with E-state index in [0.29, 0.717) is 12.8 Å². The molecule has 0 saturated heterocycles. The number of carbonyl (C=O) groups excluding carboxylic acids is 3. The summed E-state index contributed by atoms with van der Waals surface area (Å²) in [5.74, 6) is -1.33. The van der Waals surface area contributed by atoms with Gasteiger partial charge in [0.05, 0.1) is 13.2 Å². The predicted octanol–water partition coefficient (Wildman–Crippen LogP) is 2.58. The Morgan fingerprint density at radius 1 is 1.19 bits per heavy atom. The molecule has 0 radical (unpaired) electrons. The van der Waals surface area contributed by atoms with Gasteiger partial charge in [-0.1, -0.05) is 30.4 Å². The van der Waals surface area contributed by atoms with Gasteiger partial charge in [-0.3, -0.25) is 0 Å². The molecule has 1 rings (SSSR count). The van der Waals surface area contributed by atoms with Crippen molar-refractivity contribution in [1.29, 1.82) is 0 Å². The topological polar surface area (TPSA) is 105 Å². The van der Waals surface area contributed by atoms with Crippen molar-refractivity contribution >= 4 is 18.0 Å². The van der Waals surface area contributed by atoms with E-state index in [-0.39, 0.29) is 19.1 Å². The molecule has 2 unspecified atom stereocenters. The fourth-order valence-corrected chi connectivity index (χ4v) is 2.95. The second-order valence-electron chi connectivity index (χ2n) is 5.98. The third kappa shape index (κ3) is 5.91. The number of primary amides is 1. The number of hydrogen-bond donors (Lipinski definition) is 1. The lowest BCUT2D eigenvalue weighted by atomic mass is 9.74. The second-order valence-corrected chi connectivity index (χ2v) is 5.98. The normalized spacial score (nSPS) is 21.7. The van der Waals surface area contributed by atoms with Gasteiger partial charge >= 0.3 is 18.0 Å². The zero-order chi connectivity index (χ0) is 19.7. The van der Waals surface area contributed by atoms with Gasteiger partial charge in [0, 0.05) is 24.5 Å². The minimum Gasteiger partial charge on any atom is -0.463 e. The zero-order valence-corrected chi connectivity index (χ0v) is 15.2. The molecule has 0 spiro atoms. The number of carbonyl (C=O) groups is 3. The fraction of sp³-hybridized carbons (Fsp3) is 0.421. The Labute approximate surface area is 153 Å². The number of ether oxygens (including phenoxy) is 3. The second kappa shape index (κ2) is 9.60. The highest BCUT2D eigenvalue weighted by atomic mass is 16.6. The predicted molar refractivity (Wildman–Crippen MR) is 95.9 cm³/mol. The Kier molecular flexibility index (Phi) is 7.83. The molecule has 0 aromatic carbocycles. The van der Waals surface area contributed by atoms with Crippen LogP contribution >= 0.6 is 0 Å². The number of amides is 1. The van der Waals surface area contributed by atoms with Crippen molar-refractivity contribution in [3.8, 4) is 0 Å². The Hall–Kier alpha value is -2.83. The molecule has 2 atom stereocenters. The summed E-state index contributed by atoms with van der Waals surface area (Å²) in [5, 5.41) is 0. The number of allylic oxidation sites excluding steroid dienone is 2. The first-order chi connectivity index (χ1) is 12.2. The Morgan fingerprint density at radius 2 is 1.77 bits per heavy atom. The molecule has 0 fully saturated rings. The van der Waals surface area contributed by atoms with E-state index in [1.165, 1.54) is 0 Å². The molecule has 142 valence electrons. The van der Waals surface area contributed by atoms with Crippen molar-refractivity contribution in [2.75, 3.05) is 13.2 Å². The monoisotopic (exact) mass is 363 g/mol. The SMILES string of the molecule is C=CC(=O)OCCC1=C(C)C=CC(C)(OC(N)=O)C1CCOC(=O)C=C. The molecule has 0 heterocycles. The highest BCUT2D eigenvalue weighted by Crippen LogP contribution is 2.39.